The molecule has 0 aliphatic rings. The monoisotopic (exact) mass is 301 g/mol. The number of benzene rings is 2. The Morgan fingerprint density at radius 2 is 1.78 bits per heavy atom. The van der Waals surface area contributed by atoms with Crippen LogP contribution >= 0.6 is 0 Å². The molecule has 4 rings (SSSR count). The van der Waals surface area contributed by atoms with Crippen molar-refractivity contribution in [3.8, 4) is 16.9 Å². The molecule has 4 nitrogen and oxygen atoms in total. The zero-order valence-electron chi connectivity index (χ0n) is 12.3. The second-order valence-electron chi connectivity index (χ2n) is 5.38. The molecule has 4 aromatic rings. The van der Waals surface area contributed by atoms with Crippen molar-refractivity contribution < 1.29 is 5.11 Å². The van der Waals surface area contributed by atoms with Crippen LogP contribution in [0.5, 0.6) is 5.75 Å². The number of aromatic amines is 1. The Hall–Kier alpha value is -3.27. The molecule has 0 spiro atoms. The van der Waals surface area contributed by atoms with Crippen LogP contribution in [-0.4, -0.2) is 15.1 Å². The summed E-state index contributed by atoms with van der Waals surface area (Å²) >= 11 is 0. The maximum atomic E-state index is 9.35. The highest BCUT2D eigenvalue weighted by Crippen LogP contribution is 2.29. The first-order valence-corrected chi connectivity index (χ1v) is 7.37. The fourth-order valence-electron chi connectivity index (χ4n) is 2.70. The summed E-state index contributed by atoms with van der Waals surface area (Å²) in [7, 11) is 0. The Bertz CT molecular complexity index is 958. The Kier molecular flexibility index (Phi) is 3.20. The van der Waals surface area contributed by atoms with Crippen molar-refractivity contribution in [2.75, 3.05) is 5.32 Å². The molecule has 0 bridgehead atoms. The fraction of sp³-hybridized carbons (Fsp3) is 0. The lowest BCUT2D eigenvalue weighted by Crippen LogP contribution is -1.91. The van der Waals surface area contributed by atoms with E-state index in [2.05, 4.69) is 39.6 Å². The molecule has 0 atom stereocenters. The van der Waals surface area contributed by atoms with E-state index in [0.717, 1.165) is 28.0 Å². The summed E-state index contributed by atoms with van der Waals surface area (Å²) in [5.74, 6) is 0.251. The molecule has 3 N–H and O–H groups in total. The van der Waals surface area contributed by atoms with Gasteiger partial charge < -0.3 is 15.4 Å². The number of aromatic hydroxyl groups is 1. The van der Waals surface area contributed by atoms with Crippen LogP contribution in [0.4, 0.5) is 11.4 Å². The Balaban J connectivity index is 1.71. The number of hydrogen-bond donors (Lipinski definition) is 3. The van der Waals surface area contributed by atoms with E-state index in [4.69, 9.17) is 0 Å². The zero-order chi connectivity index (χ0) is 15.6. The summed E-state index contributed by atoms with van der Waals surface area (Å²) < 4.78 is 0. The molecule has 0 radical (unpaired) electrons. The van der Waals surface area contributed by atoms with E-state index in [0.29, 0.717) is 0 Å². The minimum Gasteiger partial charge on any atom is -0.508 e. The highest BCUT2D eigenvalue weighted by molar-refractivity contribution is 5.95. The zero-order valence-corrected chi connectivity index (χ0v) is 12.3. The first-order chi connectivity index (χ1) is 11.3. The first kappa shape index (κ1) is 13.4. The number of nitrogens with zero attached hydrogens (tertiary/aromatic N) is 1. The summed E-state index contributed by atoms with van der Waals surface area (Å²) in [6.45, 7) is 0. The van der Waals surface area contributed by atoms with Gasteiger partial charge in [-0.15, -0.1) is 0 Å². The van der Waals surface area contributed by atoms with Gasteiger partial charge in [0, 0.05) is 34.5 Å². The van der Waals surface area contributed by atoms with Crippen LogP contribution in [0.15, 0.2) is 73.2 Å². The molecule has 0 amide bonds. The van der Waals surface area contributed by atoms with Crippen molar-refractivity contribution in [3.63, 3.8) is 0 Å². The first-order valence-electron chi connectivity index (χ1n) is 7.37. The quantitative estimate of drug-likeness (QED) is 0.481. The smallest absolute Gasteiger partial charge is 0.115 e. The third-order valence-electron chi connectivity index (χ3n) is 3.80. The number of phenols is 1. The summed E-state index contributed by atoms with van der Waals surface area (Å²) in [6.07, 6.45) is 5.59. The predicted octanol–water partition coefficient (Wildman–Crippen LogP) is 4.68. The van der Waals surface area contributed by atoms with Crippen LogP contribution in [0.1, 0.15) is 0 Å². The average Bonchev–Trinajstić information content (AvgIpc) is 3.06. The van der Waals surface area contributed by atoms with Gasteiger partial charge in [0.15, 0.2) is 0 Å². The topological polar surface area (TPSA) is 60.9 Å². The van der Waals surface area contributed by atoms with Crippen LogP contribution in [0.2, 0.25) is 0 Å². The minimum atomic E-state index is 0.251. The maximum absolute atomic E-state index is 9.35. The van der Waals surface area contributed by atoms with Gasteiger partial charge in [0.2, 0.25) is 0 Å². The number of aromatic nitrogens is 2. The highest BCUT2D eigenvalue weighted by atomic mass is 16.3. The molecule has 112 valence electrons. The minimum absolute atomic E-state index is 0.251. The Labute approximate surface area is 133 Å². The van der Waals surface area contributed by atoms with Crippen LogP contribution in [0, 0.1) is 0 Å². The van der Waals surface area contributed by atoms with E-state index < -0.39 is 0 Å². The van der Waals surface area contributed by atoms with Crippen molar-refractivity contribution in [2.45, 2.75) is 0 Å². The molecule has 0 fully saturated rings. The Morgan fingerprint density at radius 1 is 0.913 bits per heavy atom. The van der Waals surface area contributed by atoms with E-state index in [1.165, 1.54) is 5.39 Å². The second-order valence-corrected chi connectivity index (χ2v) is 5.38. The highest BCUT2D eigenvalue weighted by Gasteiger charge is 2.06. The fourth-order valence-corrected chi connectivity index (χ4v) is 2.70. The molecule has 0 aliphatic heterocycles. The average molecular weight is 301 g/mol. The Morgan fingerprint density at radius 3 is 2.65 bits per heavy atom. The molecule has 23 heavy (non-hydrogen) atoms. The van der Waals surface area contributed by atoms with Gasteiger partial charge in [0.05, 0.1) is 11.9 Å². The van der Waals surface area contributed by atoms with Gasteiger partial charge >= 0.3 is 0 Å². The van der Waals surface area contributed by atoms with Crippen LogP contribution < -0.4 is 5.32 Å². The van der Waals surface area contributed by atoms with Crippen LogP contribution in [-0.2, 0) is 0 Å². The number of pyridine rings is 1. The predicted molar refractivity (Wildman–Crippen MR) is 92.9 cm³/mol. The number of rotatable bonds is 3. The maximum Gasteiger partial charge on any atom is 0.115 e. The molecule has 2 heterocycles. The second kappa shape index (κ2) is 5.50. The number of hydrogen-bond acceptors (Lipinski definition) is 3. The molecular formula is C19H15N3O. The number of phenolic OH excluding ortho intramolecular Hbond substituents is 1. The number of nitrogens with one attached hydrogen (secondary N) is 2. The van der Waals surface area contributed by atoms with Crippen molar-refractivity contribution in [1.82, 2.24) is 9.97 Å². The van der Waals surface area contributed by atoms with Crippen molar-refractivity contribution in [1.29, 1.82) is 0 Å². The lowest BCUT2D eigenvalue weighted by molar-refractivity contribution is 0.475. The number of fused-ring (bicyclic) bond motifs is 1. The van der Waals surface area contributed by atoms with Gasteiger partial charge in [-0.25, -0.2) is 0 Å². The van der Waals surface area contributed by atoms with Crippen molar-refractivity contribution in [3.05, 3.63) is 73.2 Å². The molecule has 0 saturated heterocycles. The van der Waals surface area contributed by atoms with E-state index in [9.17, 15) is 5.11 Å². The molecule has 0 unspecified atom stereocenters. The van der Waals surface area contributed by atoms with Gasteiger partial charge in [-0.05, 0) is 48.0 Å². The van der Waals surface area contributed by atoms with Gasteiger partial charge in [-0.3, -0.25) is 4.98 Å². The third kappa shape index (κ3) is 2.62. The SMILES string of the molecule is Oc1ccc(Nc2cncc(-c3cccc4[nH]ccc34)c2)cc1. The molecule has 2 aromatic heterocycles. The van der Waals surface area contributed by atoms with Crippen LogP contribution in [0.3, 0.4) is 0 Å². The van der Waals surface area contributed by atoms with Crippen molar-refractivity contribution in [2.24, 2.45) is 0 Å². The standard InChI is InChI=1S/C19H15N3O/c23-16-6-4-14(5-7-16)22-15-10-13(11-20-12-15)17-2-1-3-19-18(17)8-9-21-19/h1-12,21-23H. The van der Waals surface area contributed by atoms with E-state index in [1.807, 2.05) is 30.6 Å². The number of anilines is 2. The molecule has 4 heteroatoms. The van der Waals surface area contributed by atoms with E-state index in [1.54, 1.807) is 18.3 Å². The normalized spacial score (nSPS) is 10.8. The molecular weight excluding hydrogens is 286 g/mol. The lowest BCUT2D eigenvalue weighted by atomic mass is 10.0. The van der Waals surface area contributed by atoms with Crippen LogP contribution in [0.25, 0.3) is 22.0 Å². The summed E-state index contributed by atoms with van der Waals surface area (Å²) in [4.78, 5) is 7.57. The van der Waals surface area contributed by atoms with Crippen molar-refractivity contribution >= 4 is 22.3 Å². The van der Waals surface area contributed by atoms with E-state index >= 15 is 0 Å². The largest absolute Gasteiger partial charge is 0.508 e. The summed E-state index contributed by atoms with van der Waals surface area (Å²) in [5, 5.41) is 13.8. The van der Waals surface area contributed by atoms with Gasteiger partial charge in [-0.1, -0.05) is 12.1 Å². The number of H-pyrrole nitrogens is 1. The summed E-state index contributed by atoms with van der Waals surface area (Å²) in [6, 6.07) is 17.3. The van der Waals surface area contributed by atoms with E-state index in [-0.39, 0.29) is 5.75 Å². The van der Waals surface area contributed by atoms with Gasteiger partial charge in [0.25, 0.3) is 0 Å². The summed E-state index contributed by atoms with van der Waals surface area (Å²) in [5.41, 5.74) is 5.12. The van der Waals surface area contributed by atoms with Gasteiger partial charge in [-0.2, -0.15) is 0 Å². The third-order valence-corrected chi connectivity index (χ3v) is 3.80. The molecule has 0 aliphatic carbocycles. The lowest BCUT2D eigenvalue weighted by Gasteiger charge is -2.09. The molecule has 2 aromatic carbocycles. The van der Waals surface area contributed by atoms with Gasteiger partial charge in [0.1, 0.15) is 5.75 Å². The molecule has 0 saturated carbocycles.